The summed E-state index contributed by atoms with van der Waals surface area (Å²) in [6.45, 7) is 2.29. The Balaban J connectivity index is 1.33. The molecular formula is C32H37N5O9S. The van der Waals surface area contributed by atoms with E-state index in [4.69, 9.17) is 14.2 Å². The van der Waals surface area contributed by atoms with Crippen LogP contribution in [0.5, 0.6) is 0 Å². The molecule has 0 spiro atoms. The number of Topliss-reactive ketones (excluding diaryl/α,β-unsaturated/α-hetero) is 2. The van der Waals surface area contributed by atoms with Crippen molar-refractivity contribution in [3.05, 3.63) is 64.8 Å². The van der Waals surface area contributed by atoms with E-state index in [1.165, 1.54) is 17.3 Å². The van der Waals surface area contributed by atoms with Gasteiger partial charge in [0.05, 0.1) is 25.2 Å². The first kappa shape index (κ1) is 33.9. The van der Waals surface area contributed by atoms with E-state index >= 15 is 0 Å². The molecule has 3 saturated heterocycles. The molecule has 3 N–H and O–H groups in total. The third-order valence-electron chi connectivity index (χ3n) is 8.30. The first-order chi connectivity index (χ1) is 22.7. The van der Waals surface area contributed by atoms with E-state index in [0.29, 0.717) is 31.6 Å². The molecule has 6 atom stereocenters. The van der Waals surface area contributed by atoms with Crippen LogP contribution < -0.4 is 16.0 Å². The molecule has 5 rings (SSSR count). The van der Waals surface area contributed by atoms with Crippen molar-refractivity contribution < 1.29 is 43.0 Å². The van der Waals surface area contributed by atoms with Crippen molar-refractivity contribution in [1.82, 2.24) is 25.8 Å². The molecule has 4 amide bonds. The van der Waals surface area contributed by atoms with E-state index in [2.05, 4.69) is 20.9 Å². The van der Waals surface area contributed by atoms with Gasteiger partial charge >= 0.3 is 6.09 Å². The quantitative estimate of drug-likeness (QED) is 0.197. The fraction of sp³-hybridized carbons (Fsp3) is 0.469. The van der Waals surface area contributed by atoms with Crippen molar-refractivity contribution in [2.24, 2.45) is 11.8 Å². The Morgan fingerprint density at radius 3 is 2.68 bits per heavy atom. The van der Waals surface area contributed by atoms with Gasteiger partial charge in [0.1, 0.15) is 18.7 Å². The number of hydrogen-bond acceptors (Lipinski definition) is 11. The first-order valence-corrected chi connectivity index (χ1v) is 16.3. The van der Waals surface area contributed by atoms with Gasteiger partial charge in [-0.25, -0.2) is 9.78 Å². The van der Waals surface area contributed by atoms with E-state index < -0.39 is 66.4 Å². The zero-order chi connectivity index (χ0) is 33.3. The average Bonchev–Trinajstić information content (AvgIpc) is 3.89. The summed E-state index contributed by atoms with van der Waals surface area (Å²) < 4.78 is 16.5. The number of benzene rings is 1. The Bertz CT molecular complexity index is 1480. The van der Waals surface area contributed by atoms with Crippen molar-refractivity contribution in [3.8, 4) is 0 Å². The molecule has 0 bridgehead atoms. The Morgan fingerprint density at radius 1 is 1.17 bits per heavy atom. The fourth-order valence-electron chi connectivity index (χ4n) is 5.89. The Kier molecular flexibility index (Phi) is 11.5. The van der Waals surface area contributed by atoms with Crippen LogP contribution in [0.4, 0.5) is 4.79 Å². The lowest BCUT2D eigenvalue weighted by Gasteiger charge is -2.30. The summed E-state index contributed by atoms with van der Waals surface area (Å²) in [4.78, 5) is 84.3. The lowest BCUT2D eigenvalue weighted by atomic mass is 9.93. The van der Waals surface area contributed by atoms with Crippen LogP contribution >= 0.6 is 11.3 Å². The lowest BCUT2D eigenvalue weighted by Crippen LogP contribution is -2.55. The van der Waals surface area contributed by atoms with Gasteiger partial charge in [0.15, 0.2) is 11.3 Å². The molecule has 15 heteroatoms. The molecule has 4 heterocycles. The standard InChI is InChI=1S/C32H37N5O9S/c1-2-12-37(25(38)17-35-32(43)46-24-18-45-31-21(24)9-13-44-31)23(15-19-6-4-3-5-7-19)29(42)36-22(16-20-8-10-33-28(20)41)26(39)27(40)30-34-11-14-47-30/h2-7,11-12,14,20-24,31H,8-10,13,15-18H2,1H3,(H,33,41)(H,35,43)(H,36,42)/b12-2-/t20-,21-,22-,23-,24-,31+/m0/s1. The van der Waals surface area contributed by atoms with Crippen LogP contribution in [0, 0.1) is 11.8 Å². The van der Waals surface area contributed by atoms with Gasteiger partial charge in [0.2, 0.25) is 23.5 Å². The third-order valence-corrected chi connectivity index (χ3v) is 9.07. The number of aromatic nitrogens is 1. The second-order valence-corrected chi connectivity index (χ2v) is 12.3. The SMILES string of the molecule is C/C=C\N(C(=O)CNC(=O)O[C@H]1CO[C@H]2OCC[C@H]21)[C@@H](Cc1ccccc1)C(=O)N[C@@H](C[C@@H]1CCNC1=O)C(=O)C(=O)c1nccs1. The second kappa shape index (κ2) is 15.9. The van der Waals surface area contributed by atoms with Crippen LogP contribution in [-0.4, -0.2) is 96.0 Å². The number of ketones is 2. The summed E-state index contributed by atoms with van der Waals surface area (Å²) in [7, 11) is 0. The highest BCUT2D eigenvalue weighted by molar-refractivity contribution is 7.12. The molecule has 3 fully saturated rings. The average molecular weight is 668 g/mol. The molecule has 250 valence electrons. The van der Waals surface area contributed by atoms with Crippen LogP contribution in [0.1, 0.15) is 41.6 Å². The minimum absolute atomic E-state index is 0.0326. The predicted molar refractivity (Wildman–Crippen MR) is 167 cm³/mol. The fourth-order valence-corrected chi connectivity index (χ4v) is 6.47. The van der Waals surface area contributed by atoms with Gasteiger partial charge in [0, 0.05) is 36.7 Å². The van der Waals surface area contributed by atoms with Crippen LogP contribution in [0.2, 0.25) is 0 Å². The number of nitrogens with one attached hydrogen (secondary N) is 3. The van der Waals surface area contributed by atoms with Crippen LogP contribution in [0.25, 0.3) is 0 Å². The topological polar surface area (TPSA) is 182 Å². The summed E-state index contributed by atoms with van der Waals surface area (Å²) in [5.74, 6) is -4.09. The first-order valence-electron chi connectivity index (χ1n) is 15.5. The highest BCUT2D eigenvalue weighted by Crippen LogP contribution is 2.33. The minimum atomic E-state index is -1.35. The van der Waals surface area contributed by atoms with Gasteiger partial charge in [-0.2, -0.15) is 0 Å². The van der Waals surface area contributed by atoms with Gasteiger partial charge in [-0.1, -0.05) is 36.4 Å². The maximum atomic E-state index is 14.1. The van der Waals surface area contributed by atoms with E-state index in [1.807, 2.05) is 6.07 Å². The van der Waals surface area contributed by atoms with E-state index in [-0.39, 0.29) is 36.3 Å². The van der Waals surface area contributed by atoms with Gasteiger partial charge in [-0.05, 0) is 31.7 Å². The van der Waals surface area contributed by atoms with Crippen molar-refractivity contribution in [3.63, 3.8) is 0 Å². The van der Waals surface area contributed by atoms with Crippen LogP contribution in [-0.2, 0) is 39.8 Å². The summed E-state index contributed by atoms with van der Waals surface area (Å²) in [5, 5.41) is 9.37. The molecule has 0 aliphatic carbocycles. The lowest BCUT2D eigenvalue weighted by molar-refractivity contribution is -0.138. The van der Waals surface area contributed by atoms with Crippen LogP contribution in [0.3, 0.4) is 0 Å². The monoisotopic (exact) mass is 667 g/mol. The van der Waals surface area contributed by atoms with E-state index in [0.717, 1.165) is 11.3 Å². The van der Waals surface area contributed by atoms with E-state index in [9.17, 15) is 28.8 Å². The molecule has 3 aliphatic heterocycles. The Morgan fingerprint density at radius 2 is 1.98 bits per heavy atom. The van der Waals surface area contributed by atoms with Crippen molar-refractivity contribution >= 4 is 46.7 Å². The minimum Gasteiger partial charge on any atom is -0.443 e. The number of carbonyl (C=O) groups is 6. The van der Waals surface area contributed by atoms with Gasteiger partial charge < -0.3 is 35.1 Å². The van der Waals surface area contributed by atoms with Crippen molar-refractivity contribution in [1.29, 1.82) is 0 Å². The number of allylic oxidation sites excluding steroid dienone is 1. The predicted octanol–water partition coefficient (Wildman–Crippen LogP) is 1.37. The molecule has 1 aromatic heterocycles. The highest BCUT2D eigenvalue weighted by atomic mass is 32.1. The second-order valence-electron chi connectivity index (χ2n) is 11.4. The summed E-state index contributed by atoms with van der Waals surface area (Å²) in [6, 6.07) is 6.41. The van der Waals surface area contributed by atoms with Gasteiger partial charge in [-0.3, -0.25) is 24.0 Å². The van der Waals surface area contributed by atoms with Crippen molar-refractivity contribution in [2.45, 2.75) is 57.1 Å². The maximum absolute atomic E-state index is 14.1. The smallest absolute Gasteiger partial charge is 0.407 e. The molecule has 1 aromatic carbocycles. The summed E-state index contributed by atoms with van der Waals surface area (Å²) >= 11 is 0.991. The number of carbonyl (C=O) groups excluding carboxylic acids is 6. The number of thiazole rings is 1. The van der Waals surface area contributed by atoms with E-state index in [1.54, 1.807) is 42.6 Å². The zero-order valence-corrected chi connectivity index (χ0v) is 26.6. The number of alkyl carbamates (subject to hydrolysis) is 1. The Labute approximate surface area is 275 Å². The maximum Gasteiger partial charge on any atom is 0.407 e. The third kappa shape index (κ3) is 8.47. The summed E-state index contributed by atoms with van der Waals surface area (Å²) in [6.07, 6.45) is 3.70. The number of ether oxygens (including phenoxy) is 3. The molecule has 2 aromatic rings. The molecule has 47 heavy (non-hydrogen) atoms. The number of nitrogens with zero attached hydrogens (tertiary/aromatic N) is 2. The molecule has 14 nitrogen and oxygen atoms in total. The molecule has 0 unspecified atom stereocenters. The molecule has 3 aliphatic rings. The molecular weight excluding hydrogens is 630 g/mol. The van der Waals surface area contributed by atoms with Gasteiger partial charge in [-0.15, -0.1) is 11.3 Å². The van der Waals surface area contributed by atoms with Crippen LogP contribution in [0.15, 0.2) is 54.2 Å². The highest BCUT2D eigenvalue weighted by Gasteiger charge is 2.44. The number of rotatable bonds is 14. The number of amides is 4. The zero-order valence-electron chi connectivity index (χ0n) is 25.8. The largest absolute Gasteiger partial charge is 0.443 e. The number of hydrogen-bond donors (Lipinski definition) is 3. The molecule has 0 radical (unpaired) electrons. The van der Waals surface area contributed by atoms with Crippen molar-refractivity contribution in [2.75, 3.05) is 26.3 Å². The summed E-state index contributed by atoms with van der Waals surface area (Å²) in [5.41, 5.74) is 0.716. The normalized spacial score (nSPS) is 23.0. The molecule has 0 saturated carbocycles. The Hall–Kier alpha value is -4.47. The number of fused-ring (bicyclic) bond motifs is 1. The van der Waals surface area contributed by atoms with Gasteiger partial charge in [0.25, 0.3) is 5.78 Å².